The number of phenolic OH excluding ortho intramolecular Hbond substituents is 1. The van der Waals surface area contributed by atoms with Crippen LogP contribution in [-0.4, -0.2) is 15.1 Å². The van der Waals surface area contributed by atoms with Crippen LogP contribution in [0.15, 0.2) is 29.1 Å². The molecule has 124 valence electrons. The van der Waals surface area contributed by atoms with E-state index in [-0.39, 0.29) is 22.7 Å². The van der Waals surface area contributed by atoms with Crippen molar-refractivity contribution in [2.24, 2.45) is 0 Å². The molecule has 0 radical (unpaired) electrons. The molecule has 1 aromatic carbocycles. The fourth-order valence-electron chi connectivity index (χ4n) is 3.18. The van der Waals surface area contributed by atoms with Crippen LogP contribution in [0.4, 0.5) is 0 Å². The van der Waals surface area contributed by atoms with Gasteiger partial charge in [0, 0.05) is 4.88 Å². The Morgan fingerprint density at radius 1 is 1.28 bits per heavy atom. The van der Waals surface area contributed by atoms with Crippen LogP contribution < -0.4 is 5.56 Å². The van der Waals surface area contributed by atoms with Crippen molar-refractivity contribution in [1.29, 1.82) is 5.26 Å². The van der Waals surface area contributed by atoms with Gasteiger partial charge in [-0.3, -0.25) is 4.79 Å². The first-order chi connectivity index (χ1) is 12.2. The van der Waals surface area contributed by atoms with Gasteiger partial charge < -0.3 is 10.1 Å². The highest BCUT2D eigenvalue weighted by Gasteiger charge is 2.20. The van der Waals surface area contributed by atoms with E-state index in [2.05, 4.69) is 16.0 Å². The maximum Gasteiger partial charge on any atom is 0.260 e. The molecule has 0 fully saturated rings. The largest absolute Gasteiger partial charge is 0.508 e. The van der Waals surface area contributed by atoms with Crippen LogP contribution in [0.5, 0.6) is 5.75 Å². The number of thiophene rings is 1. The molecule has 0 aliphatic heterocycles. The molecule has 0 spiro atoms. The van der Waals surface area contributed by atoms with Crippen LogP contribution in [0.2, 0.25) is 0 Å². The Kier molecular flexibility index (Phi) is 3.86. The number of nitrogens with one attached hydrogen (secondary N) is 1. The molecule has 0 saturated carbocycles. The SMILES string of the molecule is N#C/C(=C\c1ccc(O)cc1)c1nc2sc3c(c2c(=O)[nH]1)CCCC3. The number of nitrogens with zero attached hydrogens (tertiary/aromatic N) is 2. The number of H-pyrrole nitrogens is 1. The molecule has 2 N–H and O–H groups in total. The third-order valence-electron chi connectivity index (χ3n) is 4.40. The number of aryl methyl sites for hydroxylation is 2. The minimum Gasteiger partial charge on any atom is -0.508 e. The number of hydrogen-bond acceptors (Lipinski definition) is 5. The van der Waals surface area contributed by atoms with Crippen LogP contribution in [0, 0.1) is 11.3 Å². The van der Waals surface area contributed by atoms with E-state index in [0.29, 0.717) is 10.2 Å². The number of allylic oxidation sites excluding steroid dienone is 1. The van der Waals surface area contributed by atoms with Crippen molar-refractivity contribution in [3.8, 4) is 11.8 Å². The van der Waals surface area contributed by atoms with Gasteiger partial charge in [-0.25, -0.2) is 4.98 Å². The molecule has 0 unspecified atom stereocenters. The highest BCUT2D eigenvalue weighted by atomic mass is 32.1. The van der Waals surface area contributed by atoms with Gasteiger partial charge in [-0.05, 0) is 55.0 Å². The molecule has 1 aliphatic carbocycles. The van der Waals surface area contributed by atoms with Crippen molar-refractivity contribution < 1.29 is 5.11 Å². The Balaban J connectivity index is 1.84. The van der Waals surface area contributed by atoms with E-state index in [0.717, 1.165) is 36.8 Å². The quantitative estimate of drug-likeness (QED) is 0.691. The van der Waals surface area contributed by atoms with Gasteiger partial charge in [-0.1, -0.05) is 12.1 Å². The second-order valence-corrected chi connectivity index (χ2v) is 7.15. The second kappa shape index (κ2) is 6.19. The predicted molar refractivity (Wildman–Crippen MR) is 98.5 cm³/mol. The molecule has 2 heterocycles. The fourth-order valence-corrected chi connectivity index (χ4v) is 4.44. The van der Waals surface area contributed by atoms with E-state index in [9.17, 15) is 15.2 Å². The van der Waals surface area contributed by atoms with Crippen LogP contribution in [0.3, 0.4) is 0 Å². The number of aromatic amines is 1. The number of nitriles is 1. The van der Waals surface area contributed by atoms with E-state index in [1.807, 2.05) is 0 Å². The standard InChI is InChI=1S/C19H15N3O2S/c20-10-12(9-11-5-7-13(23)8-6-11)17-21-18(24)16-14-3-1-2-4-15(14)25-19(16)22-17/h5-9,23H,1-4H2,(H,21,22,24)/b12-9+. The van der Waals surface area contributed by atoms with Crippen LogP contribution in [0.25, 0.3) is 21.9 Å². The Bertz CT molecular complexity index is 1080. The van der Waals surface area contributed by atoms with E-state index in [1.54, 1.807) is 41.7 Å². The molecule has 0 bridgehead atoms. The van der Waals surface area contributed by atoms with Crippen molar-refractivity contribution in [2.75, 3.05) is 0 Å². The average molecular weight is 349 g/mol. The van der Waals surface area contributed by atoms with Gasteiger partial charge in [-0.15, -0.1) is 11.3 Å². The van der Waals surface area contributed by atoms with Gasteiger partial charge in [0.05, 0.1) is 11.0 Å². The molecule has 25 heavy (non-hydrogen) atoms. The fraction of sp³-hybridized carbons (Fsp3) is 0.211. The van der Waals surface area contributed by atoms with Crippen molar-refractivity contribution >= 4 is 33.2 Å². The van der Waals surface area contributed by atoms with Crippen molar-refractivity contribution in [3.05, 3.63) is 56.4 Å². The lowest BCUT2D eigenvalue weighted by Gasteiger charge is -2.09. The summed E-state index contributed by atoms with van der Waals surface area (Å²) in [6, 6.07) is 8.61. The molecule has 3 aromatic rings. The molecule has 0 saturated heterocycles. The van der Waals surface area contributed by atoms with Gasteiger partial charge in [0.25, 0.3) is 5.56 Å². The first-order valence-corrected chi connectivity index (χ1v) is 8.93. The molecule has 1 aliphatic rings. The average Bonchev–Trinajstić information content (AvgIpc) is 3.00. The third kappa shape index (κ3) is 2.83. The summed E-state index contributed by atoms with van der Waals surface area (Å²) in [5, 5.41) is 19.5. The molecular formula is C19H15N3O2S. The van der Waals surface area contributed by atoms with Gasteiger partial charge in [0.2, 0.25) is 0 Å². The van der Waals surface area contributed by atoms with E-state index < -0.39 is 0 Å². The molecule has 0 amide bonds. The number of benzene rings is 1. The molecule has 0 atom stereocenters. The molecule has 6 heteroatoms. The Morgan fingerprint density at radius 3 is 2.80 bits per heavy atom. The minimum absolute atomic E-state index is 0.160. The topological polar surface area (TPSA) is 89.8 Å². The smallest absolute Gasteiger partial charge is 0.260 e. The number of aromatic nitrogens is 2. The zero-order valence-electron chi connectivity index (χ0n) is 13.4. The zero-order chi connectivity index (χ0) is 17.4. The first kappa shape index (κ1) is 15.6. The van der Waals surface area contributed by atoms with Crippen molar-refractivity contribution in [3.63, 3.8) is 0 Å². The van der Waals surface area contributed by atoms with Crippen LogP contribution in [0.1, 0.15) is 34.7 Å². The maximum atomic E-state index is 12.6. The lowest BCUT2D eigenvalue weighted by molar-refractivity contribution is 0.475. The highest BCUT2D eigenvalue weighted by Crippen LogP contribution is 2.33. The highest BCUT2D eigenvalue weighted by molar-refractivity contribution is 7.18. The number of rotatable bonds is 2. The lowest BCUT2D eigenvalue weighted by atomic mass is 9.97. The summed E-state index contributed by atoms with van der Waals surface area (Å²) in [4.78, 5) is 21.9. The molecule has 4 rings (SSSR count). The lowest BCUT2D eigenvalue weighted by Crippen LogP contribution is -2.12. The first-order valence-electron chi connectivity index (χ1n) is 8.11. The second-order valence-electron chi connectivity index (χ2n) is 6.07. The monoisotopic (exact) mass is 349 g/mol. The molecule has 5 nitrogen and oxygen atoms in total. The zero-order valence-corrected chi connectivity index (χ0v) is 14.2. The summed E-state index contributed by atoms with van der Waals surface area (Å²) in [5.41, 5.74) is 2.00. The van der Waals surface area contributed by atoms with Gasteiger partial charge in [0.15, 0.2) is 5.82 Å². The predicted octanol–water partition coefficient (Wildman–Crippen LogP) is 3.63. The van der Waals surface area contributed by atoms with Crippen LogP contribution in [-0.2, 0) is 12.8 Å². The number of phenols is 1. The van der Waals surface area contributed by atoms with Crippen molar-refractivity contribution in [2.45, 2.75) is 25.7 Å². The summed E-state index contributed by atoms with van der Waals surface area (Å²) in [6.07, 6.45) is 5.82. The summed E-state index contributed by atoms with van der Waals surface area (Å²) >= 11 is 1.56. The third-order valence-corrected chi connectivity index (χ3v) is 5.59. The number of hydrogen-bond donors (Lipinski definition) is 2. The Morgan fingerprint density at radius 2 is 2.04 bits per heavy atom. The van der Waals surface area contributed by atoms with E-state index in [4.69, 9.17) is 0 Å². The van der Waals surface area contributed by atoms with E-state index >= 15 is 0 Å². The van der Waals surface area contributed by atoms with Crippen molar-refractivity contribution in [1.82, 2.24) is 9.97 Å². The Hall–Kier alpha value is -2.91. The number of aromatic hydroxyl groups is 1. The summed E-state index contributed by atoms with van der Waals surface area (Å²) in [7, 11) is 0. The van der Waals surface area contributed by atoms with E-state index in [1.165, 1.54) is 4.88 Å². The Labute approximate surface area is 147 Å². The molecular weight excluding hydrogens is 334 g/mol. The van der Waals surface area contributed by atoms with Gasteiger partial charge in [-0.2, -0.15) is 5.26 Å². The maximum absolute atomic E-state index is 12.6. The van der Waals surface area contributed by atoms with Crippen LogP contribution >= 0.6 is 11.3 Å². The normalized spacial score (nSPS) is 14.3. The summed E-state index contributed by atoms with van der Waals surface area (Å²) in [5.74, 6) is 0.444. The summed E-state index contributed by atoms with van der Waals surface area (Å²) in [6.45, 7) is 0. The minimum atomic E-state index is -0.175. The molecule has 2 aromatic heterocycles. The van der Waals surface area contributed by atoms with Gasteiger partial charge in [0.1, 0.15) is 16.6 Å². The summed E-state index contributed by atoms with van der Waals surface area (Å²) < 4.78 is 0. The van der Waals surface area contributed by atoms with Gasteiger partial charge >= 0.3 is 0 Å². The number of fused-ring (bicyclic) bond motifs is 3.